The number of carbonyl (C=O) groups excluding carboxylic acids is 1. The zero-order chi connectivity index (χ0) is 16.1. The number of hydrogen-bond acceptors (Lipinski definition) is 3. The lowest BCUT2D eigenvalue weighted by atomic mass is 10.1. The quantitative estimate of drug-likeness (QED) is 0.902. The highest BCUT2D eigenvalue weighted by molar-refractivity contribution is 6.30. The van der Waals surface area contributed by atoms with Crippen LogP contribution in [0.5, 0.6) is 0 Å². The lowest BCUT2D eigenvalue weighted by Crippen LogP contribution is -2.28. The molecule has 1 aliphatic rings. The molecule has 1 aromatic heterocycles. The van der Waals surface area contributed by atoms with Gasteiger partial charge in [-0.05, 0) is 30.5 Å². The zero-order valence-corrected chi connectivity index (χ0v) is 13.4. The minimum absolute atomic E-state index is 0.258. The molecule has 2 amide bonds. The van der Waals surface area contributed by atoms with E-state index in [4.69, 9.17) is 16.3 Å². The molecule has 122 valence electrons. The van der Waals surface area contributed by atoms with Gasteiger partial charge in [0.15, 0.2) is 0 Å². The van der Waals surface area contributed by atoms with Gasteiger partial charge in [-0.15, -0.1) is 0 Å². The van der Waals surface area contributed by atoms with Crippen molar-refractivity contribution in [2.24, 2.45) is 0 Å². The number of amides is 2. The summed E-state index contributed by atoms with van der Waals surface area (Å²) in [5, 5.41) is 10.6. The van der Waals surface area contributed by atoms with E-state index in [1.807, 2.05) is 23.0 Å². The van der Waals surface area contributed by atoms with Crippen LogP contribution in [0.2, 0.25) is 5.02 Å². The molecular formula is C16H19ClN4O2. The van der Waals surface area contributed by atoms with Gasteiger partial charge < -0.3 is 15.4 Å². The molecule has 7 heteroatoms. The van der Waals surface area contributed by atoms with Crippen LogP contribution in [0.15, 0.2) is 36.7 Å². The van der Waals surface area contributed by atoms with E-state index in [0.29, 0.717) is 23.3 Å². The van der Waals surface area contributed by atoms with Crippen molar-refractivity contribution in [3.63, 3.8) is 0 Å². The van der Waals surface area contributed by atoms with E-state index in [2.05, 4.69) is 15.7 Å². The van der Waals surface area contributed by atoms with Gasteiger partial charge in [0.2, 0.25) is 0 Å². The smallest absolute Gasteiger partial charge is 0.319 e. The standard InChI is InChI=1S/C16H19ClN4O2/c17-13-3-1-12(2-4-13)9-18-16(22)20-14-10-19-21(11-14)15-5-7-23-8-6-15/h1-4,10-11,15H,5-9H2,(H2,18,20,22). The number of carbonyl (C=O) groups is 1. The van der Waals surface area contributed by atoms with E-state index in [1.165, 1.54) is 0 Å². The molecule has 0 atom stereocenters. The number of aromatic nitrogens is 2. The third-order valence-corrected chi connectivity index (χ3v) is 4.04. The van der Waals surface area contributed by atoms with Gasteiger partial charge in [0.1, 0.15) is 0 Å². The van der Waals surface area contributed by atoms with Crippen LogP contribution in [-0.2, 0) is 11.3 Å². The van der Waals surface area contributed by atoms with Crippen molar-refractivity contribution in [2.45, 2.75) is 25.4 Å². The summed E-state index contributed by atoms with van der Waals surface area (Å²) in [7, 11) is 0. The Hall–Kier alpha value is -2.05. The number of nitrogens with one attached hydrogen (secondary N) is 2. The molecule has 1 aliphatic heterocycles. The fourth-order valence-corrected chi connectivity index (χ4v) is 2.64. The number of nitrogens with zero attached hydrogens (tertiary/aromatic N) is 2. The van der Waals surface area contributed by atoms with Crippen molar-refractivity contribution in [1.82, 2.24) is 15.1 Å². The highest BCUT2D eigenvalue weighted by atomic mass is 35.5. The summed E-state index contributed by atoms with van der Waals surface area (Å²) in [6, 6.07) is 7.45. The summed E-state index contributed by atoms with van der Waals surface area (Å²) in [4.78, 5) is 11.9. The van der Waals surface area contributed by atoms with E-state index in [-0.39, 0.29) is 6.03 Å². The van der Waals surface area contributed by atoms with Crippen LogP contribution in [0.25, 0.3) is 0 Å². The Morgan fingerprint density at radius 3 is 2.78 bits per heavy atom. The maximum absolute atomic E-state index is 11.9. The van der Waals surface area contributed by atoms with Crippen LogP contribution in [0, 0.1) is 0 Å². The van der Waals surface area contributed by atoms with Gasteiger partial charge >= 0.3 is 6.03 Å². The second kappa shape index (κ2) is 7.48. The van der Waals surface area contributed by atoms with Gasteiger partial charge in [-0.2, -0.15) is 5.10 Å². The maximum Gasteiger partial charge on any atom is 0.319 e. The number of rotatable bonds is 4. The summed E-state index contributed by atoms with van der Waals surface area (Å²) in [5.41, 5.74) is 1.67. The normalized spacial score (nSPS) is 15.3. The van der Waals surface area contributed by atoms with E-state index < -0.39 is 0 Å². The van der Waals surface area contributed by atoms with Crippen molar-refractivity contribution in [3.8, 4) is 0 Å². The third kappa shape index (κ3) is 4.46. The predicted octanol–water partition coefficient (Wildman–Crippen LogP) is 3.21. The van der Waals surface area contributed by atoms with Crippen LogP contribution in [0.4, 0.5) is 10.5 Å². The van der Waals surface area contributed by atoms with Crippen LogP contribution in [0.1, 0.15) is 24.4 Å². The van der Waals surface area contributed by atoms with Crippen molar-refractivity contribution in [3.05, 3.63) is 47.2 Å². The average Bonchev–Trinajstić information content (AvgIpc) is 3.04. The van der Waals surface area contributed by atoms with Gasteiger partial charge in [-0.3, -0.25) is 4.68 Å². The Morgan fingerprint density at radius 2 is 2.04 bits per heavy atom. The first-order chi connectivity index (χ1) is 11.2. The highest BCUT2D eigenvalue weighted by Gasteiger charge is 2.16. The van der Waals surface area contributed by atoms with E-state index in [9.17, 15) is 4.79 Å². The number of anilines is 1. The van der Waals surface area contributed by atoms with Gasteiger partial charge in [0.25, 0.3) is 0 Å². The molecule has 1 saturated heterocycles. The topological polar surface area (TPSA) is 68.2 Å². The second-order valence-corrected chi connectivity index (χ2v) is 5.92. The number of benzene rings is 1. The average molecular weight is 335 g/mol. The summed E-state index contributed by atoms with van der Waals surface area (Å²) < 4.78 is 7.24. The van der Waals surface area contributed by atoms with Crippen molar-refractivity contribution >= 4 is 23.3 Å². The van der Waals surface area contributed by atoms with E-state index in [0.717, 1.165) is 31.6 Å². The van der Waals surface area contributed by atoms with Crippen LogP contribution in [-0.4, -0.2) is 29.0 Å². The molecule has 3 rings (SSSR count). The van der Waals surface area contributed by atoms with Gasteiger partial charge in [-0.25, -0.2) is 4.79 Å². The van der Waals surface area contributed by atoms with Crippen LogP contribution in [0.3, 0.4) is 0 Å². The SMILES string of the molecule is O=C(NCc1ccc(Cl)cc1)Nc1cnn(C2CCOCC2)c1. The Morgan fingerprint density at radius 1 is 1.30 bits per heavy atom. The zero-order valence-electron chi connectivity index (χ0n) is 12.7. The maximum atomic E-state index is 11.9. The summed E-state index contributed by atoms with van der Waals surface area (Å²) in [5.74, 6) is 0. The van der Waals surface area contributed by atoms with Crippen molar-refractivity contribution < 1.29 is 9.53 Å². The number of hydrogen-bond donors (Lipinski definition) is 2. The lowest BCUT2D eigenvalue weighted by Gasteiger charge is -2.22. The van der Waals surface area contributed by atoms with Crippen molar-refractivity contribution in [1.29, 1.82) is 0 Å². The second-order valence-electron chi connectivity index (χ2n) is 5.49. The lowest BCUT2D eigenvalue weighted by molar-refractivity contribution is 0.0662. The molecule has 0 bridgehead atoms. The number of ether oxygens (including phenoxy) is 1. The largest absolute Gasteiger partial charge is 0.381 e. The molecule has 2 N–H and O–H groups in total. The first-order valence-electron chi connectivity index (χ1n) is 7.62. The molecule has 1 aromatic carbocycles. The molecule has 0 unspecified atom stereocenters. The highest BCUT2D eigenvalue weighted by Crippen LogP contribution is 2.21. The van der Waals surface area contributed by atoms with E-state index >= 15 is 0 Å². The molecule has 2 aromatic rings. The van der Waals surface area contributed by atoms with Crippen molar-refractivity contribution in [2.75, 3.05) is 18.5 Å². The third-order valence-electron chi connectivity index (χ3n) is 3.79. The molecule has 1 fully saturated rings. The first kappa shape index (κ1) is 15.8. The van der Waals surface area contributed by atoms with Gasteiger partial charge in [-0.1, -0.05) is 23.7 Å². The molecule has 0 radical (unpaired) electrons. The molecule has 23 heavy (non-hydrogen) atoms. The van der Waals surface area contributed by atoms with Crippen LogP contribution >= 0.6 is 11.6 Å². The summed E-state index contributed by atoms with van der Waals surface area (Å²) in [6.07, 6.45) is 5.42. The Bertz CT molecular complexity index is 650. The monoisotopic (exact) mass is 334 g/mol. The Kier molecular flexibility index (Phi) is 5.15. The first-order valence-corrected chi connectivity index (χ1v) is 8.00. The predicted molar refractivity (Wildman–Crippen MR) is 88.6 cm³/mol. The number of halogens is 1. The van der Waals surface area contributed by atoms with Gasteiger partial charge in [0, 0.05) is 31.0 Å². The van der Waals surface area contributed by atoms with Crippen LogP contribution < -0.4 is 10.6 Å². The Labute approximate surface area is 139 Å². The minimum atomic E-state index is -0.258. The summed E-state index contributed by atoms with van der Waals surface area (Å²) >= 11 is 5.83. The molecule has 6 nitrogen and oxygen atoms in total. The summed E-state index contributed by atoms with van der Waals surface area (Å²) in [6.45, 7) is 1.96. The molecule has 2 heterocycles. The fourth-order valence-electron chi connectivity index (χ4n) is 2.51. The Balaban J connectivity index is 1.49. The number of urea groups is 1. The van der Waals surface area contributed by atoms with Gasteiger partial charge in [0.05, 0.1) is 17.9 Å². The van der Waals surface area contributed by atoms with E-state index in [1.54, 1.807) is 18.3 Å². The fraction of sp³-hybridized carbons (Fsp3) is 0.375. The minimum Gasteiger partial charge on any atom is -0.381 e. The molecule has 0 spiro atoms. The molecular weight excluding hydrogens is 316 g/mol. The molecule has 0 aliphatic carbocycles. The molecule has 0 saturated carbocycles.